The average molecular weight is 309 g/mol. The molecule has 1 fully saturated rings. The van der Waals surface area contributed by atoms with Crippen molar-refractivity contribution in [3.63, 3.8) is 0 Å². The van der Waals surface area contributed by atoms with Crippen molar-refractivity contribution < 1.29 is 13.9 Å². The summed E-state index contributed by atoms with van der Waals surface area (Å²) in [6.07, 6.45) is 1.23. The summed E-state index contributed by atoms with van der Waals surface area (Å²) in [5.41, 5.74) is 0. The molecule has 1 amide bonds. The maximum absolute atomic E-state index is 11.5. The standard InChI is InChI=1S/C16H27N3O3/c1-17-16(20)15-5-4-14(22-15)12-18(2)10-13-6-7-19(11-13)8-9-21-3/h4-5,13H,6-12H2,1-3H3,(H,17,20). The van der Waals surface area contributed by atoms with Crippen molar-refractivity contribution in [3.8, 4) is 0 Å². The van der Waals surface area contributed by atoms with Crippen molar-refractivity contribution >= 4 is 5.91 Å². The highest BCUT2D eigenvalue weighted by molar-refractivity contribution is 5.91. The SMILES string of the molecule is CNC(=O)c1ccc(CN(C)CC2CCN(CCOC)C2)o1. The highest BCUT2D eigenvalue weighted by Crippen LogP contribution is 2.18. The van der Waals surface area contributed by atoms with Gasteiger partial charge >= 0.3 is 0 Å². The topological polar surface area (TPSA) is 58.0 Å². The van der Waals surface area contributed by atoms with Crippen LogP contribution in [0, 0.1) is 5.92 Å². The molecule has 1 unspecified atom stereocenters. The number of carbonyl (C=O) groups excluding carboxylic acids is 1. The van der Waals surface area contributed by atoms with Crippen LogP contribution in [-0.2, 0) is 11.3 Å². The van der Waals surface area contributed by atoms with E-state index in [0.717, 1.165) is 45.1 Å². The second-order valence-corrected chi connectivity index (χ2v) is 5.99. The number of amides is 1. The normalized spacial score (nSPS) is 19.0. The lowest BCUT2D eigenvalue weighted by atomic mass is 10.1. The van der Waals surface area contributed by atoms with Crippen LogP contribution in [0.5, 0.6) is 0 Å². The van der Waals surface area contributed by atoms with E-state index in [-0.39, 0.29) is 5.91 Å². The molecule has 124 valence electrons. The maximum Gasteiger partial charge on any atom is 0.286 e. The number of carbonyl (C=O) groups is 1. The molecule has 0 aromatic carbocycles. The molecule has 1 aromatic heterocycles. The van der Waals surface area contributed by atoms with Gasteiger partial charge in [-0.3, -0.25) is 9.69 Å². The molecule has 22 heavy (non-hydrogen) atoms. The lowest BCUT2D eigenvalue weighted by molar-refractivity contribution is 0.0932. The summed E-state index contributed by atoms with van der Waals surface area (Å²) >= 11 is 0. The van der Waals surface area contributed by atoms with Crippen molar-refractivity contribution in [3.05, 3.63) is 23.7 Å². The maximum atomic E-state index is 11.5. The Morgan fingerprint density at radius 3 is 3.09 bits per heavy atom. The zero-order valence-electron chi connectivity index (χ0n) is 13.8. The molecular weight excluding hydrogens is 282 g/mol. The van der Waals surface area contributed by atoms with Crippen LogP contribution in [-0.4, -0.2) is 69.7 Å². The fourth-order valence-electron chi connectivity index (χ4n) is 2.96. The quantitative estimate of drug-likeness (QED) is 0.777. The molecule has 1 N–H and O–H groups in total. The summed E-state index contributed by atoms with van der Waals surface area (Å²) in [5, 5.41) is 2.57. The lowest BCUT2D eigenvalue weighted by Gasteiger charge is -2.20. The second-order valence-electron chi connectivity index (χ2n) is 5.99. The van der Waals surface area contributed by atoms with E-state index in [4.69, 9.17) is 9.15 Å². The smallest absolute Gasteiger partial charge is 0.286 e. The second kappa shape index (κ2) is 8.31. The van der Waals surface area contributed by atoms with Crippen molar-refractivity contribution in [1.82, 2.24) is 15.1 Å². The highest BCUT2D eigenvalue weighted by atomic mass is 16.5. The van der Waals surface area contributed by atoms with Crippen molar-refractivity contribution in [1.29, 1.82) is 0 Å². The van der Waals surface area contributed by atoms with Crippen LogP contribution in [0.1, 0.15) is 22.7 Å². The Bertz CT molecular complexity index is 475. The number of nitrogens with one attached hydrogen (secondary N) is 1. The summed E-state index contributed by atoms with van der Waals surface area (Å²) in [7, 11) is 5.45. The Labute approximate surface area is 132 Å². The van der Waals surface area contributed by atoms with Crippen molar-refractivity contribution in [2.75, 3.05) is 54.0 Å². The van der Waals surface area contributed by atoms with Gasteiger partial charge in [0.05, 0.1) is 13.2 Å². The van der Waals surface area contributed by atoms with Gasteiger partial charge in [-0.25, -0.2) is 0 Å². The first-order valence-corrected chi connectivity index (χ1v) is 7.83. The Morgan fingerprint density at radius 1 is 1.55 bits per heavy atom. The third-order valence-electron chi connectivity index (χ3n) is 4.09. The van der Waals surface area contributed by atoms with Crippen LogP contribution in [0.3, 0.4) is 0 Å². The summed E-state index contributed by atoms with van der Waals surface area (Å²) in [6, 6.07) is 3.60. The molecule has 1 aliphatic rings. The molecule has 1 aromatic rings. The Kier molecular flexibility index (Phi) is 6.42. The van der Waals surface area contributed by atoms with E-state index >= 15 is 0 Å². The van der Waals surface area contributed by atoms with Gasteiger partial charge in [0.1, 0.15) is 5.76 Å². The predicted molar refractivity (Wildman–Crippen MR) is 84.9 cm³/mol. The third kappa shape index (κ3) is 4.83. The number of hydrogen-bond donors (Lipinski definition) is 1. The van der Waals surface area contributed by atoms with Crippen LogP contribution in [0.15, 0.2) is 16.5 Å². The minimum absolute atomic E-state index is 0.182. The molecule has 1 aliphatic heterocycles. The predicted octanol–water partition coefficient (Wildman–Crippen LogP) is 1.04. The fraction of sp³-hybridized carbons (Fsp3) is 0.688. The molecule has 2 heterocycles. The molecule has 6 nitrogen and oxygen atoms in total. The molecule has 1 saturated heterocycles. The Balaban J connectivity index is 1.75. The molecule has 0 aliphatic carbocycles. The molecule has 6 heteroatoms. The van der Waals surface area contributed by atoms with Gasteiger partial charge in [0.25, 0.3) is 5.91 Å². The fourth-order valence-corrected chi connectivity index (χ4v) is 2.96. The van der Waals surface area contributed by atoms with Gasteiger partial charge in [-0.05, 0) is 38.1 Å². The Hall–Kier alpha value is -1.37. The molecule has 1 atom stereocenters. The number of ether oxygens (including phenoxy) is 1. The largest absolute Gasteiger partial charge is 0.455 e. The third-order valence-corrected chi connectivity index (χ3v) is 4.09. The lowest BCUT2D eigenvalue weighted by Crippen LogP contribution is -2.29. The molecule has 0 bridgehead atoms. The molecular formula is C16H27N3O3. The van der Waals surface area contributed by atoms with Crippen LogP contribution < -0.4 is 5.32 Å². The van der Waals surface area contributed by atoms with E-state index in [2.05, 4.69) is 22.2 Å². The minimum atomic E-state index is -0.182. The van der Waals surface area contributed by atoms with E-state index in [1.165, 1.54) is 6.42 Å². The van der Waals surface area contributed by atoms with E-state index < -0.39 is 0 Å². The minimum Gasteiger partial charge on any atom is -0.455 e. The van der Waals surface area contributed by atoms with Gasteiger partial charge in [0.15, 0.2) is 5.76 Å². The van der Waals surface area contributed by atoms with Crippen LogP contribution >= 0.6 is 0 Å². The van der Waals surface area contributed by atoms with Gasteiger partial charge in [-0.2, -0.15) is 0 Å². The highest BCUT2D eigenvalue weighted by Gasteiger charge is 2.23. The first-order chi connectivity index (χ1) is 10.6. The van der Waals surface area contributed by atoms with Crippen LogP contribution in [0.25, 0.3) is 0 Å². The van der Waals surface area contributed by atoms with Crippen molar-refractivity contribution in [2.24, 2.45) is 5.92 Å². The molecule has 0 spiro atoms. The van der Waals surface area contributed by atoms with Gasteiger partial charge in [0, 0.05) is 33.8 Å². The van der Waals surface area contributed by atoms with E-state index in [9.17, 15) is 4.79 Å². The number of furan rings is 1. The zero-order chi connectivity index (χ0) is 15.9. The molecule has 0 radical (unpaired) electrons. The zero-order valence-corrected chi connectivity index (χ0v) is 13.8. The van der Waals surface area contributed by atoms with Crippen LogP contribution in [0.4, 0.5) is 0 Å². The van der Waals surface area contributed by atoms with Crippen LogP contribution in [0.2, 0.25) is 0 Å². The number of methoxy groups -OCH3 is 1. The van der Waals surface area contributed by atoms with E-state index in [1.54, 1.807) is 20.2 Å². The van der Waals surface area contributed by atoms with E-state index in [1.807, 2.05) is 6.07 Å². The number of likely N-dealkylation sites (tertiary alicyclic amines) is 1. The van der Waals surface area contributed by atoms with Gasteiger partial charge in [-0.1, -0.05) is 0 Å². The summed E-state index contributed by atoms with van der Waals surface area (Å²) in [6.45, 7) is 5.88. The van der Waals surface area contributed by atoms with Gasteiger partial charge in [-0.15, -0.1) is 0 Å². The average Bonchev–Trinajstić information content (AvgIpc) is 3.13. The van der Waals surface area contributed by atoms with Crippen molar-refractivity contribution in [2.45, 2.75) is 13.0 Å². The molecule has 2 rings (SSSR count). The van der Waals surface area contributed by atoms with Gasteiger partial charge in [0.2, 0.25) is 0 Å². The first-order valence-electron chi connectivity index (χ1n) is 7.83. The summed E-state index contributed by atoms with van der Waals surface area (Å²) in [4.78, 5) is 16.2. The monoisotopic (exact) mass is 309 g/mol. The summed E-state index contributed by atoms with van der Waals surface area (Å²) in [5.74, 6) is 1.71. The summed E-state index contributed by atoms with van der Waals surface area (Å²) < 4.78 is 10.7. The Morgan fingerprint density at radius 2 is 2.36 bits per heavy atom. The number of rotatable bonds is 8. The van der Waals surface area contributed by atoms with Gasteiger partial charge < -0.3 is 19.4 Å². The molecule has 0 saturated carbocycles. The number of nitrogens with zero attached hydrogens (tertiary/aromatic N) is 2. The first kappa shape index (κ1) is 17.0. The number of hydrogen-bond acceptors (Lipinski definition) is 5. The van der Waals surface area contributed by atoms with E-state index in [0.29, 0.717) is 11.7 Å².